The molecule has 0 saturated carbocycles. The summed E-state index contributed by atoms with van der Waals surface area (Å²) >= 11 is 0. The van der Waals surface area contributed by atoms with Crippen LogP contribution in [0.2, 0.25) is 0 Å². The molecule has 0 amide bonds. The van der Waals surface area contributed by atoms with Crippen LogP contribution in [-0.2, 0) is 22.6 Å². The Hall–Kier alpha value is -2.57. The first-order valence-corrected chi connectivity index (χ1v) is 11.0. The molecule has 6 heteroatoms. The fourth-order valence-corrected chi connectivity index (χ4v) is 3.38. The lowest BCUT2D eigenvalue weighted by atomic mass is 10.1. The van der Waals surface area contributed by atoms with Crippen LogP contribution in [0.3, 0.4) is 0 Å². The highest BCUT2D eigenvalue weighted by molar-refractivity contribution is 5.79. The van der Waals surface area contributed by atoms with E-state index in [1.54, 1.807) is 7.05 Å². The second-order valence-corrected chi connectivity index (χ2v) is 8.13. The van der Waals surface area contributed by atoms with E-state index in [9.17, 15) is 0 Å². The van der Waals surface area contributed by atoms with Gasteiger partial charge in [-0.05, 0) is 30.0 Å². The molecular weight excluding hydrogens is 390 g/mol. The van der Waals surface area contributed by atoms with Crippen LogP contribution < -0.4 is 15.4 Å². The Kier molecular flexibility index (Phi) is 9.18. The maximum Gasteiger partial charge on any atom is 0.191 e. The molecule has 2 N–H and O–H groups in total. The number of hydrogen-bond donors (Lipinski definition) is 2. The predicted molar refractivity (Wildman–Crippen MR) is 124 cm³/mol. The molecule has 31 heavy (non-hydrogen) atoms. The van der Waals surface area contributed by atoms with Gasteiger partial charge in [0.15, 0.2) is 5.96 Å². The summed E-state index contributed by atoms with van der Waals surface area (Å²) in [4.78, 5) is 4.35. The van der Waals surface area contributed by atoms with Crippen LogP contribution >= 0.6 is 0 Å². The summed E-state index contributed by atoms with van der Waals surface area (Å²) in [5.41, 5.74) is 3.49. The number of aliphatic imine (C=N–C) groups is 1. The number of aryl methyl sites for hydroxylation is 1. The van der Waals surface area contributed by atoms with E-state index in [0.717, 1.165) is 36.8 Å². The molecule has 0 spiro atoms. The molecule has 0 aliphatic carbocycles. The minimum absolute atomic E-state index is 0.134. The molecule has 1 heterocycles. The fourth-order valence-electron chi connectivity index (χ4n) is 3.38. The van der Waals surface area contributed by atoms with Crippen molar-refractivity contribution in [1.82, 2.24) is 10.6 Å². The third kappa shape index (κ3) is 7.89. The van der Waals surface area contributed by atoms with Crippen molar-refractivity contribution in [1.29, 1.82) is 0 Å². The van der Waals surface area contributed by atoms with E-state index >= 15 is 0 Å². The van der Waals surface area contributed by atoms with Crippen molar-refractivity contribution in [3.8, 4) is 5.75 Å². The summed E-state index contributed by atoms with van der Waals surface area (Å²) in [5, 5.41) is 6.78. The van der Waals surface area contributed by atoms with Crippen molar-refractivity contribution in [2.24, 2.45) is 10.9 Å². The Morgan fingerprint density at radius 2 is 2.03 bits per heavy atom. The zero-order valence-electron chi connectivity index (χ0n) is 18.9. The van der Waals surface area contributed by atoms with E-state index < -0.39 is 0 Å². The number of nitrogens with zero attached hydrogens (tertiary/aromatic N) is 1. The minimum atomic E-state index is 0.134. The van der Waals surface area contributed by atoms with Gasteiger partial charge in [-0.15, -0.1) is 0 Å². The number of benzene rings is 2. The minimum Gasteiger partial charge on any atom is -0.488 e. The molecule has 0 bridgehead atoms. The zero-order chi connectivity index (χ0) is 21.9. The van der Waals surface area contributed by atoms with Gasteiger partial charge in [-0.1, -0.05) is 49.4 Å². The molecule has 1 aliphatic heterocycles. The highest BCUT2D eigenvalue weighted by Crippen LogP contribution is 2.23. The second kappa shape index (κ2) is 12.3. The van der Waals surface area contributed by atoms with Crippen LogP contribution in [0.1, 0.15) is 30.0 Å². The van der Waals surface area contributed by atoms with E-state index in [2.05, 4.69) is 59.8 Å². The quantitative estimate of drug-likeness (QED) is 0.449. The lowest BCUT2D eigenvalue weighted by Gasteiger charge is -2.19. The van der Waals surface area contributed by atoms with Gasteiger partial charge in [0.25, 0.3) is 0 Å². The molecule has 1 aliphatic rings. The van der Waals surface area contributed by atoms with Gasteiger partial charge < -0.3 is 24.8 Å². The first-order valence-electron chi connectivity index (χ1n) is 11.0. The molecule has 1 fully saturated rings. The first kappa shape index (κ1) is 23.1. The van der Waals surface area contributed by atoms with Gasteiger partial charge in [-0.25, -0.2) is 0 Å². The van der Waals surface area contributed by atoms with Gasteiger partial charge in [-0.2, -0.15) is 0 Å². The van der Waals surface area contributed by atoms with Crippen molar-refractivity contribution in [3.05, 3.63) is 65.2 Å². The molecule has 6 nitrogen and oxygen atoms in total. The lowest BCUT2D eigenvalue weighted by molar-refractivity contribution is 0.0931. The van der Waals surface area contributed by atoms with Crippen LogP contribution in [0.25, 0.3) is 0 Å². The van der Waals surface area contributed by atoms with E-state index in [0.29, 0.717) is 32.3 Å². The Morgan fingerprint density at radius 3 is 2.77 bits per heavy atom. The van der Waals surface area contributed by atoms with Gasteiger partial charge in [0.05, 0.1) is 26.4 Å². The zero-order valence-corrected chi connectivity index (χ0v) is 18.9. The molecule has 3 rings (SSSR count). The lowest BCUT2D eigenvalue weighted by Crippen LogP contribution is -2.39. The fraction of sp³-hybridized carbons (Fsp3) is 0.480. The average molecular weight is 426 g/mol. The summed E-state index contributed by atoms with van der Waals surface area (Å²) in [6.45, 7) is 8.44. The predicted octanol–water partition coefficient (Wildman–Crippen LogP) is 3.68. The van der Waals surface area contributed by atoms with Crippen molar-refractivity contribution in [3.63, 3.8) is 0 Å². The number of guanidine groups is 1. The van der Waals surface area contributed by atoms with Gasteiger partial charge in [0.1, 0.15) is 11.9 Å². The Balaban J connectivity index is 1.42. The molecule has 2 unspecified atom stereocenters. The third-order valence-corrected chi connectivity index (χ3v) is 5.21. The highest BCUT2D eigenvalue weighted by Gasteiger charge is 2.18. The van der Waals surface area contributed by atoms with E-state index in [-0.39, 0.29) is 6.10 Å². The molecule has 2 aromatic rings. The van der Waals surface area contributed by atoms with Crippen LogP contribution in [0.4, 0.5) is 0 Å². The molecule has 0 aromatic heterocycles. The summed E-state index contributed by atoms with van der Waals surface area (Å²) in [5.74, 6) is 2.05. The first-order chi connectivity index (χ1) is 15.1. The Morgan fingerprint density at radius 1 is 1.19 bits per heavy atom. The van der Waals surface area contributed by atoms with Gasteiger partial charge in [-0.3, -0.25) is 4.99 Å². The maximum absolute atomic E-state index is 6.19. The smallest absolute Gasteiger partial charge is 0.191 e. The van der Waals surface area contributed by atoms with Crippen LogP contribution in [0.5, 0.6) is 5.75 Å². The van der Waals surface area contributed by atoms with Gasteiger partial charge >= 0.3 is 0 Å². The van der Waals surface area contributed by atoms with Crippen LogP contribution in [-0.4, -0.2) is 45.5 Å². The number of ether oxygens (including phenoxy) is 3. The van der Waals surface area contributed by atoms with E-state index in [1.165, 1.54) is 11.1 Å². The molecule has 0 radical (unpaired) electrons. The standard InChI is InChI=1S/C25H35N3O3/c1-19-9-10-22(24(13-19)31-23-11-12-29-18-23)15-28-25(26-3)27-14-20(2)16-30-17-21-7-5-4-6-8-21/h4-10,13,20,23H,11-12,14-18H2,1-3H3,(H2,26,27,28). The molecule has 1 saturated heterocycles. The number of nitrogens with one attached hydrogen (secondary N) is 2. The van der Waals surface area contributed by atoms with E-state index in [1.807, 2.05) is 18.2 Å². The molecule has 2 atom stereocenters. The topological polar surface area (TPSA) is 64.1 Å². The molecule has 2 aromatic carbocycles. The van der Waals surface area contributed by atoms with Crippen molar-refractivity contribution >= 4 is 5.96 Å². The van der Waals surface area contributed by atoms with Crippen molar-refractivity contribution < 1.29 is 14.2 Å². The Bertz CT molecular complexity index is 820. The Labute approximate surface area is 186 Å². The van der Waals surface area contributed by atoms with Crippen molar-refractivity contribution in [2.45, 2.75) is 39.5 Å². The van der Waals surface area contributed by atoms with Crippen molar-refractivity contribution in [2.75, 3.05) is 33.4 Å². The molecule has 168 valence electrons. The summed E-state index contributed by atoms with van der Waals surface area (Å²) < 4.78 is 17.5. The summed E-state index contributed by atoms with van der Waals surface area (Å²) in [7, 11) is 1.79. The maximum atomic E-state index is 6.19. The second-order valence-electron chi connectivity index (χ2n) is 8.13. The molecular formula is C25H35N3O3. The monoisotopic (exact) mass is 425 g/mol. The van der Waals surface area contributed by atoms with Gasteiger partial charge in [0.2, 0.25) is 0 Å². The summed E-state index contributed by atoms with van der Waals surface area (Å²) in [6.07, 6.45) is 1.07. The average Bonchev–Trinajstić information content (AvgIpc) is 3.29. The van der Waals surface area contributed by atoms with Gasteiger partial charge in [0, 0.05) is 32.1 Å². The van der Waals surface area contributed by atoms with Crippen LogP contribution in [0.15, 0.2) is 53.5 Å². The largest absolute Gasteiger partial charge is 0.488 e. The third-order valence-electron chi connectivity index (χ3n) is 5.21. The normalized spacial score (nSPS) is 17.4. The number of hydrogen-bond acceptors (Lipinski definition) is 4. The van der Waals surface area contributed by atoms with E-state index in [4.69, 9.17) is 14.2 Å². The number of rotatable bonds is 10. The summed E-state index contributed by atoms with van der Waals surface area (Å²) in [6, 6.07) is 16.6. The van der Waals surface area contributed by atoms with Crippen LogP contribution in [0, 0.1) is 12.8 Å². The highest BCUT2D eigenvalue weighted by atomic mass is 16.5. The SMILES string of the molecule is CN=C(NCc1ccc(C)cc1OC1CCOC1)NCC(C)COCc1ccccc1.